The van der Waals surface area contributed by atoms with Crippen LogP contribution >= 0.6 is 0 Å². The van der Waals surface area contributed by atoms with Crippen molar-refractivity contribution in [1.82, 2.24) is 10.2 Å². The summed E-state index contributed by atoms with van der Waals surface area (Å²) < 4.78 is 5.65. The molecule has 1 N–H and O–H groups in total. The fourth-order valence-corrected chi connectivity index (χ4v) is 3.24. The highest BCUT2D eigenvalue weighted by Gasteiger charge is 2.30. The molecule has 1 amide bonds. The Morgan fingerprint density at radius 2 is 1.80 bits per heavy atom. The number of amides is 1. The zero-order valence-electron chi connectivity index (χ0n) is 14.6. The number of benzene rings is 2. The first-order chi connectivity index (χ1) is 12.3. The highest BCUT2D eigenvalue weighted by Crippen LogP contribution is 2.20. The normalized spacial score (nSPS) is 17.4. The molecule has 1 atom stereocenters. The Bertz CT molecular complexity index is 645. The molecule has 1 saturated heterocycles. The molecule has 4 nitrogen and oxygen atoms in total. The van der Waals surface area contributed by atoms with Gasteiger partial charge in [0.2, 0.25) is 5.91 Å². The maximum Gasteiger partial charge on any atom is 0.237 e. The lowest BCUT2D eigenvalue weighted by atomic mass is 10.1. The van der Waals surface area contributed by atoms with Gasteiger partial charge in [0.1, 0.15) is 5.75 Å². The van der Waals surface area contributed by atoms with Crippen molar-refractivity contribution in [1.29, 1.82) is 0 Å². The summed E-state index contributed by atoms with van der Waals surface area (Å²) in [5.41, 5.74) is 1.26. The molecular weight excluding hydrogens is 312 g/mol. The number of likely N-dealkylation sites (tertiary alicyclic amines) is 1. The predicted molar refractivity (Wildman–Crippen MR) is 99.4 cm³/mol. The van der Waals surface area contributed by atoms with Crippen LogP contribution in [0.5, 0.6) is 5.75 Å². The third-order valence-corrected chi connectivity index (χ3v) is 4.53. The molecule has 1 aliphatic rings. The lowest BCUT2D eigenvalue weighted by Crippen LogP contribution is -2.43. The topological polar surface area (TPSA) is 41.6 Å². The Morgan fingerprint density at radius 1 is 1.08 bits per heavy atom. The summed E-state index contributed by atoms with van der Waals surface area (Å²) >= 11 is 0. The summed E-state index contributed by atoms with van der Waals surface area (Å²) in [5, 5.41) is 3.07. The fourth-order valence-electron chi connectivity index (χ4n) is 3.24. The van der Waals surface area contributed by atoms with Gasteiger partial charge in [-0.25, -0.2) is 0 Å². The number of nitrogens with one attached hydrogen (secondary N) is 1. The van der Waals surface area contributed by atoms with E-state index in [2.05, 4.69) is 22.3 Å². The molecule has 0 saturated carbocycles. The minimum absolute atomic E-state index is 0.00440. The molecule has 132 valence electrons. The fraction of sp³-hybridized carbons (Fsp3) is 0.381. The van der Waals surface area contributed by atoms with E-state index in [1.54, 1.807) is 0 Å². The van der Waals surface area contributed by atoms with E-state index < -0.39 is 0 Å². The van der Waals surface area contributed by atoms with Gasteiger partial charge in [0.05, 0.1) is 12.6 Å². The number of rotatable bonds is 8. The molecule has 0 aromatic heterocycles. The maximum absolute atomic E-state index is 12.5. The van der Waals surface area contributed by atoms with Crippen molar-refractivity contribution < 1.29 is 9.53 Å². The largest absolute Gasteiger partial charge is 0.494 e. The summed E-state index contributed by atoms with van der Waals surface area (Å²) in [6.07, 6.45) is 2.84. The number of ether oxygens (including phenoxy) is 1. The molecule has 3 rings (SSSR count). The molecule has 0 radical (unpaired) electrons. The Kier molecular flexibility index (Phi) is 6.46. The van der Waals surface area contributed by atoms with Crippen LogP contribution in [0.4, 0.5) is 0 Å². The number of hydrogen-bond donors (Lipinski definition) is 1. The number of carbonyl (C=O) groups is 1. The van der Waals surface area contributed by atoms with Gasteiger partial charge in [-0.2, -0.15) is 0 Å². The third-order valence-electron chi connectivity index (χ3n) is 4.53. The van der Waals surface area contributed by atoms with Crippen molar-refractivity contribution in [2.75, 3.05) is 19.7 Å². The minimum atomic E-state index is -0.00440. The van der Waals surface area contributed by atoms with Crippen LogP contribution in [0.1, 0.15) is 24.8 Å². The molecular formula is C21H26N2O2. The van der Waals surface area contributed by atoms with E-state index in [-0.39, 0.29) is 11.9 Å². The molecule has 25 heavy (non-hydrogen) atoms. The predicted octanol–water partition coefficient (Wildman–Crippen LogP) is 3.24. The van der Waals surface area contributed by atoms with E-state index in [9.17, 15) is 4.79 Å². The molecule has 4 heteroatoms. The highest BCUT2D eigenvalue weighted by atomic mass is 16.5. The van der Waals surface area contributed by atoms with Gasteiger partial charge in [-0.15, -0.1) is 0 Å². The van der Waals surface area contributed by atoms with Gasteiger partial charge in [0.25, 0.3) is 0 Å². The quantitative estimate of drug-likeness (QED) is 0.751. The van der Waals surface area contributed by atoms with Gasteiger partial charge in [0.15, 0.2) is 0 Å². The molecule has 0 aliphatic carbocycles. The Labute approximate surface area is 149 Å². The first kappa shape index (κ1) is 17.5. The first-order valence-corrected chi connectivity index (χ1v) is 9.06. The van der Waals surface area contributed by atoms with Crippen LogP contribution in [0.3, 0.4) is 0 Å². The Morgan fingerprint density at radius 3 is 2.56 bits per heavy atom. The third kappa shape index (κ3) is 5.33. The van der Waals surface area contributed by atoms with Crippen LogP contribution in [0.15, 0.2) is 60.7 Å². The SMILES string of the molecule is O=C(NCCCOc1ccccc1)C1CCCN1Cc1ccccc1. The molecule has 2 aromatic rings. The number of carbonyl (C=O) groups excluding carboxylic acids is 1. The van der Waals surface area contributed by atoms with Crippen LogP contribution in [0.25, 0.3) is 0 Å². The number of nitrogens with zero attached hydrogens (tertiary/aromatic N) is 1. The average Bonchev–Trinajstić information content (AvgIpc) is 3.11. The van der Waals surface area contributed by atoms with Crippen LogP contribution < -0.4 is 10.1 Å². The Balaban J connectivity index is 1.38. The summed E-state index contributed by atoms with van der Waals surface area (Å²) in [6, 6.07) is 20.1. The van der Waals surface area contributed by atoms with Gasteiger partial charge >= 0.3 is 0 Å². The van der Waals surface area contributed by atoms with E-state index in [4.69, 9.17) is 4.74 Å². The van der Waals surface area contributed by atoms with Crippen molar-refractivity contribution in [3.8, 4) is 5.75 Å². The molecule has 1 aliphatic heterocycles. The lowest BCUT2D eigenvalue weighted by molar-refractivity contribution is -0.125. The van der Waals surface area contributed by atoms with Gasteiger partial charge in [-0.05, 0) is 43.5 Å². The van der Waals surface area contributed by atoms with Crippen LogP contribution in [0, 0.1) is 0 Å². The molecule has 1 fully saturated rings. The first-order valence-electron chi connectivity index (χ1n) is 9.06. The number of para-hydroxylation sites is 1. The van der Waals surface area contributed by atoms with E-state index >= 15 is 0 Å². The van der Waals surface area contributed by atoms with E-state index in [1.807, 2.05) is 48.5 Å². The summed E-state index contributed by atoms with van der Waals surface area (Å²) in [7, 11) is 0. The monoisotopic (exact) mass is 338 g/mol. The summed E-state index contributed by atoms with van der Waals surface area (Å²) in [6.45, 7) is 3.10. The zero-order chi connectivity index (χ0) is 17.3. The molecule has 2 aromatic carbocycles. The van der Waals surface area contributed by atoms with Gasteiger partial charge in [-0.3, -0.25) is 9.69 Å². The van der Waals surface area contributed by atoms with Gasteiger partial charge in [0, 0.05) is 13.1 Å². The van der Waals surface area contributed by atoms with Gasteiger partial charge in [-0.1, -0.05) is 48.5 Å². The zero-order valence-corrected chi connectivity index (χ0v) is 14.6. The van der Waals surface area contributed by atoms with Crippen molar-refractivity contribution >= 4 is 5.91 Å². The second-order valence-electron chi connectivity index (χ2n) is 6.42. The van der Waals surface area contributed by atoms with Crippen LogP contribution in [-0.2, 0) is 11.3 Å². The molecule has 1 unspecified atom stereocenters. The van der Waals surface area contributed by atoms with E-state index in [0.717, 1.165) is 38.1 Å². The van der Waals surface area contributed by atoms with E-state index in [1.165, 1.54) is 5.56 Å². The number of hydrogen-bond acceptors (Lipinski definition) is 3. The molecule has 0 spiro atoms. The smallest absolute Gasteiger partial charge is 0.237 e. The summed E-state index contributed by atoms with van der Waals surface area (Å²) in [5.74, 6) is 1.02. The van der Waals surface area contributed by atoms with E-state index in [0.29, 0.717) is 13.2 Å². The van der Waals surface area contributed by atoms with Crippen LogP contribution in [-0.4, -0.2) is 36.5 Å². The summed E-state index contributed by atoms with van der Waals surface area (Å²) in [4.78, 5) is 14.8. The Hall–Kier alpha value is -2.33. The van der Waals surface area contributed by atoms with Crippen molar-refractivity contribution in [2.24, 2.45) is 0 Å². The van der Waals surface area contributed by atoms with Crippen LogP contribution in [0.2, 0.25) is 0 Å². The molecule has 0 bridgehead atoms. The van der Waals surface area contributed by atoms with Crippen molar-refractivity contribution in [2.45, 2.75) is 31.8 Å². The minimum Gasteiger partial charge on any atom is -0.494 e. The standard InChI is InChI=1S/C21H26N2O2/c24-21(22-14-8-16-25-19-11-5-2-6-12-19)20-13-7-15-23(20)17-18-9-3-1-4-10-18/h1-6,9-12,20H,7-8,13-17H2,(H,22,24). The maximum atomic E-state index is 12.5. The lowest BCUT2D eigenvalue weighted by Gasteiger charge is -2.23. The van der Waals surface area contributed by atoms with Gasteiger partial charge < -0.3 is 10.1 Å². The van der Waals surface area contributed by atoms with Crippen molar-refractivity contribution in [3.05, 3.63) is 66.2 Å². The second kappa shape index (κ2) is 9.23. The molecule has 1 heterocycles. The average molecular weight is 338 g/mol. The van der Waals surface area contributed by atoms with Crippen molar-refractivity contribution in [3.63, 3.8) is 0 Å². The second-order valence-corrected chi connectivity index (χ2v) is 6.42. The highest BCUT2D eigenvalue weighted by molar-refractivity contribution is 5.82.